The molecule has 6 heteroatoms. The molecule has 1 heterocycles. The Balaban J connectivity index is 2.80. The zero-order valence-corrected chi connectivity index (χ0v) is 11.3. The van der Waals surface area contributed by atoms with Gasteiger partial charge in [0.25, 0.3) is 0 Å². The van der Waals surface area contributed by atoms with E-state index >= 15 is 0 Å². The fourth-order valence-corrected chi connectivity index (χ4v) is 3.25. The van der Waals surface area contributed by atoms with E-state index in [0.29, 0.717) is 24.4 Å². The Bertz CT molecular complexity index is 348. The summed E-state index contributed by atoms with van der Waals surface area (Å²) in [4.78, 5) is 24.7. The van der Waals surface area contributed by atoms with Gasteiger partial charge in [0, 0.05) is 11.7 Å². The smallest absolute Gasteiger partial charge is 0.327 e. The van der Waals surface area contributed by atoms with Crippen molar-refractivity contribution in [3.63, 3.8) is 0 Å². The minimum absolute atomic E-state index is 0.194. The fraction of sp³-hybridized carbons (Fsp3) is 0.667. The van der Waals surface area contributed by atoms with Crippen LogP contribution in [-0.4, -0.2) is 39.6 Å². The van der Waals surface area contributed by atoms with Crippen LogP contribution in [0.5, 0.6) is 0 Å². The number of allylic oxidation sites excluding steroid dienone is 1. The first-order valence-corrected chi connectivity index (χ1v) is 7.06. The Hall–Kier alpha value is -1.04. The van der Waals surface area contributed by atoms with Gasteiger partial charge in [-0.2, -0.15) is 0 Å². The van der Waals surface area contributed by atoms with Crippen LogP contribution in [-0.2, 0) is 9.59 Å². The molecule has 4 nitrogen and oxygen atoms in total. The second-order valence-corrected chi connectivity index (χ2v) is 5.35. The molecule has 0 aromatic heterocycles. The van der Waals surface area contributed by atoms with Gasteiger partial charge in [0.1, 0.15) is 6.04 Å². The number of rotatable bonds is 5. The van der Waals surface area contributed by atoms with Crippen LogP contribution < -0.4 is 0 Å². The summed E-state index contributed by atoms with van der Waals surface area (Å²) >= 11 is 1.43. The number of aliphatic carboxylic acids is 1. The molecule has 1 N–H and O–H groups in total. The molecule has 0 aromatic rings. The van der Waals surface area contributed by atoms with Crippen molar-refractivity contribution in [2.45, 2.75) is 26.3 Å². The molecule has 1 aliphatic heterocycles. The number of amides is 1. The van der Waals surface area contributed by atoms with Crippen molar-refractivity contribution in [3.8, 4) is 0 Å². The van der Waals surface area contributed by atoms with E-state index < -0.39 is 12.0 Å². The molecule has 18 heavy (non-hydrogen) atoms. The molecule has 1 aliphatic rings. The number of thioether (sulfide) groups is 1. The molecule has 1 fully saturated rings. The maximum absolute atomic E-state index is 12.3. The summed E-state index contributed by atoms with van der Waals surface area (Å²) in [5.41, 5.74) is 0. The third kappa shape index (κ3) is 3.25. The predicted molar refractivity (Wildman–Crippen MR) is 68.8 cm³/mol. The Kier molecular flexibility index (Phi) is 5.65. The summed E-state index contributed by atoms with van der Waals surface area (Å²) in [6, 6.07) is -0.752. The quantitative estimate of drug-likeness (QED) is 0.835. The van der Waals surface area contributed by atoms with Gasteiger partial charge in [-0.15, -0.1) is 11.8 Å². The van der Waals surface area contributed by atoms with Crippen LogP contribution in [0, 0.1) is 11.8 Å². The highest BCUT2D eigenvalue weighted by molar-refractivity contribution is 7.99. The first-order chi connectivity index (χ1) is 8.52. The second-order valence-electron chi connectivity index (χ2n) is 4.35. The number of hydrogen-bond acceptors (Lipinski definition) is 3. The predicted octanol–water partition coefficient (Wildman–Crippen LogP) is 2.12. The summed E-state index contributed by atoms with van der Waals surface area (Å²) in [6.45, 7) is 3.62. The van der Waals surface area contributed by atoms with Gasteiger partial charge < -0.3 is 10.0 Å². The number of hydrogen-bond donors (Lipinski definition) is 1. The van der Waals surface area contributed by atoms with E-state index in [0.717, 1.165) is 0 Å². The normalized spacial score (nSPS) is 23.3. The Morgan fingerprint density at radius 2 is 2.28 bits per heavy atom. The molecule has 0 spiro atoms. The van der Waals surface area contributed by atoms with Crippen LogP contribution in [0.15, 0.2) is 12.4 Å². The van der Waals surface area contributed by atoms with E-state index in [-0.39, 0.29) is 17.7 Å². The maximum Gasteiger partial charge on any atom is 0.327 e. The molecular formula is C12H18FNO3S. The lowest BCUT2D eigenvalue weighted by Gasteiger charge is -2.27. The minimum atomic E-state index is -0.975. The van der Waals surface area contributed by atoms with Gasteiger partial charge in [0.15, 0.2) is 0 Å². The molecule has 0 saturated carbocycles. The Morgan fingerprint density at radius 1 is 1.61 bits per heavy atom. The summed E-state index contributed by atoms with van der Waals surface area (Å²) in [7, 11) is 0. The zero-order valence-electron chi connectivity index (χ0n) is 10.5. The van der Waals surface area contributed by atoms with Gasteiger partial charge in [-0.1, -0.05) is 19.9 Å². The topological polar surface area (TPSA) is 57.6 Å². The lowest BCUT2D eigenvalue weighted by Crippen LogP contribution is -2.45. The molecule has 1 amide bonds. The van der Waals surface area contributed by atoms with E-state index in [4.69, 9.17) is 5.11 Å². The number of carbonyl (C=O) groups excluding carboxylic acids is 1. The van der Waals surface area contributed by atoms with Gasteiger partial charge in [-0.05, 0) is 12.3 Å². The van der Waals surface area contributed by atoms with Gasteiger partial charge in [0.2, 0.25) is 5.91 Å². The van der Waals surface area contributed by atoms with Crippen LogP contribution in [0.1, 0.15) is 20.3 Å². The lowest BCUT2D eigenvalue weighted by molar-refractivity contribution is -0.150. The van der Waals surface area contributed by atoms with Crippen molar-refractivity contribution in [1.82, 2.24) is 4.90 Å². The van der Waals surface area contributed by atoms with E-state index in [2.05, 4.69) is 0 Å². The monoisotopic (exact) mass is 275 g/mol. The van der Waals surface area contributed by atoms with E-state index in [1.165, 1.54) is 22.7 Å². The van der Waals surface area contributed by atoms with Gasteiger partial charge in [0.05, 0.1) is 12.2 Å². The van der Waals surface area contributed by atoms with Crippen LogP contribution >= 0.6 is 11.8 Å². The molecular weight excluding hydrogens is 257 g/mol. The maximum atomic E-state index is 12.3. The standard InChI is InChI=1S/C12H18FNO3S/c1-3-9(8(2)4-5-13)11(15)14-7-18-6-10(14)12(16)17/h4-5,8-10H,3,6-7H2,1-2H3,(H,16,17)/b5-4+. The fourth-order valence-electron chi connectivity index (χ4n) is 2.10. The molecule has 0 bridgehead atoms. The summed E-state index contributed by atoms with van der Waals surface area (Å²) < 4.78 is 12.2. The van der Waals surface area contributed by atoms with Crippen LogP contribution in [0.4, 0.5) is 4.39 Å². The van der Waals surface area contributed by atoms with Crippen molar-refractivity contribution in [1.29, 1.82) is 0 Å². The Morgan fingerprint density at radius 3 is 2.78 bits per heavy atom. The number of carboxylic acids is 1. The number of carboxylic acid groups (broad SMARTS) is 1. The highest BCUT2D eigenvalue weighted by Gasteiger charge is 2.38. The SMILES string of the molecule is CCC(C(=O)N1CSCC1C(=O)O)C(C)/C=C/F. The molecule has 1 rings (SSSR count). The van der Waals surface area contributed by atoms with Gasteiger partial charge in [-0.25, -0.2) is 9.18 Å². The summed E-state index contributed by atoms with van der Waals surface area (Å²) in [6.07, 6.45) is 2.34. The molecule has 102 valence electrons. The van der Waals surface area contributed by atoms with Gasteiger partial charge >= 0.3 is 5.97 Å². The molecule has 3 atom stereocenters. The number of nitrogens with zero attached hydrogens (tertiary/aromatic N) is 1. The molecule has 1 saturated heterocycles. The van der Waals surface area contributed by atoms with Crippen molar-refractivity contribution < 1.29 is 19.1 Å². The second kappa shape index (κ2) is 6.78. The van der Waals surface area contributed by atoms with E-state index in [9.17, 15) is 14.0 Å². The first-order valence-electron chi connectivity index (χ1n) is 5.90. The van der Waals surface area contributed by atoms with Crippen LogP contribution in [0.3, 0.4) is 0 Å². The van der Waals surface area contributed by atoms with Crippen LogP contribution in [0.25, 0.3) is 0 Å². The van der Waals surface area contributed by atoms with Crippen molar-refractivity contribution >= 4 is 23.6 Å². The number of carbonyl (C=O) groups is 2. The van der Waals surface area contributed by atoms with Gasteiger partial charge in [-0.3, -0.25) is 4.79 Å². The highest BCUT2D eigenvalue weighted by atomic mass is 32.2. The number of halogens is 1. The molecule has 0 aromatic carbocycles. The summed E-state index contributed by atoms with van der Waals surface area (Å²) in [5, 5.41) is 9.05. The highest BCUT2D eigenvalue weighted by Crippen LogP contribution is 2.27. The minimum Gasteiger partial charge on any atom is -0.480 e. The van der Waals surface area contributed by atoms with Crippen molar-refractivity contribution in [2.24, 2.45) is 11.8 Å². The molecule has 0 radical (unpaired) electrons. The van der Waals surface area contributed by atoms with E-state index in [1.807, 2.05) is 6.92 Å². The first kappa shape index (κ1) is 15.0. The third-order valence-electron chi connectivity index (χ3n) is 3.22. The van der Waals surface area contributed by atoms with Crippen molar-refractivity contribution in [2.75, 3.05) is 11.6 Å². The van der Waals surface area contributed by atoms with Crippen LogP contribution in [0.2, 0.25) is 0 Å². The van der Waals surface area contributed by atoms with Crippen molar-refractivity contribution in [3.05, 3.63) is 12.4 Å². The average Bonchev–Trinajstić information content (AvgIpc) is 2.79. The average molecular weight is 275 g/mol. The zero-order chi connectivity index (χ0) is 13.7. The largest absolute Gasteiger partial charge is 0.480 e. The molecule has 0 aliphatic carbocycles. The Labute approximate surface area is 110 Å². The third-order valence-corrected chi connectivity index (χ3v) is 4.23. The lowest BCUT2D eigenvalue weighted by atomic mass is 9.90. The van der Waals surface area contributed by atoms with E-state index in [1.54, 1.807) is 6.92 Å². The summed E-state index contributed by atoms with van der Waals surface area (Å²) in [5.74, 6) is -0.939. The molecule has 3 unspecified atom stereocenters.